The first-order valence-corrected chi connectivity index (χ1v) is 5.54. The molecule has 22 heavy (non-hydrogen) atoms. The topological polar surface area (TPSA) is 171 Å². The van der Waals surface area contributed by atoms with Crippen LogP contribution in [0.25, 0.3) is 0 Å². The third kappa shape index (κ3) is 26.2. The van der Waals surface area contributed by atoms with Crippen molar-refractivity contribution < 1.29 is 29.3 Å². The Morgan fingerprint density at radius 3 is 1.23 bits per heavy atom. The van der Waals surface area contributed by atoms with Crippen LogP contribution in [0.2, 0.25) is 0 Å². The van der Waals surface area contributed by atoms with Crippen LogP contribution in [0.1, 0.15) is 27.2 Å². The van der Waals surface area contributed by atoms with E-state index in [4.69, 9.17) is 10.2 Å². The molecule has 0 bridgehead atoms. The quantitative estimate of drug-likeness (QED) is 0.452. The van der Waals surface area contributed by atoms with E-state index < -0.39 is 11.9 Å². The van der Waals surface area contributed by atoms with Gasteiger partial charge in [-0.1, -0.05) is 26.7 Å². The largest absolute Gasteiger partial charge is 0.478 e. The molecule has 0 aliphatic carbocycles. The Balaban J connectivity index is -0.0000000630. The number of hydrogen-bond acceptors (Lipinski definition) is 6. The van der Waals surface area contributed by atoms with E-state index in [-0.39, 0.29) is 29.4 Å². The highest BCUT2D eigenvalue weighted by Crippen LogP contribution is 1.93. The Hall–Kier alpha value is -2.45. The number of hydrogen-bond donors (Lipinski definition) is 4. The molecular weight excluding hydrogens is 292 g/mol. The number of methoxy groups -OCH3 is 1. The van der Waals surface area contributed by atoms with Crippen LogP contribution in [0.5, 0.6) is 0 Å². The molecule has 8 nitrogen and oxygen atoms in total. The predicted molar refractivity (Wildman–Crippen MR) is 86.4 cm³/mol. The fourth-order valence-electron chi connectivity index (χ4n) is 0.325. The number of ether oxygens (including phenoxy) is 1. The van der Waals surface area contributed by atoms with Crippen LogP contribution >= 0.6 is 0 Å². The summed E-state index contributed by atoms with van der Waals surface area (Å²) in [5.74, 6) is -2.18. The number of esters is 1. The van der Waals surface area contributed by atoms with Crippen LogP contribution in [-0.2, 0) is 19.1 Å². The van der Waals surface area contributed by atoms with E-state index in [1.165, 1.54) is 14.0 Å². The summed E-state index contributed by atoms with van der Waals surface area (Å²) in [6, 6.07) is 0. The second-order valence-electron chi connectivity index (χ2n) is 3.62. The predicted octanol–water partition coefficient (Wildman–Crippen LogP) is 2.74. The van der Waals surface area contributed by atoms with Crippen molar-refractivity contribution in [3.05, 3.63) is 36.5 Å². The van der Waals surface area contributed by atoms with Gasteiger partial charge in [-0.15, -0.1) is 0 Å². The zero-order chi connectivity index (χ0) is 16.9. The highest BCUT2D eigenvalue weighted by molar-refractivity contribution is 5.86. The van der Waals surface area contributed by atoms with E-state index in [1.807, 2.05) is 0 Å². The lowest BCUT2D eigenvalue weighted by molar-refractivity contribution is -0.136. The van der Waals surface area contributed by atoms with Crippen LogP contribution in [0.4, 0.5) is 0 Å². The first-order chi connectivity index (χ1) is 9.00. The van der Waals surface area contributed by atoms with E-state index in [2.05, 4.69) is 24.5 Å². The molecule has 0 saturated carbocycles. The van der Waals surface area contributed by atoms with E-state index in [0.29, 0.717) is 12.0 Å². The lowest BCUT2D eigenvalue weighted by atomic mass is 10.2. The minimum absolute atomic E-state index is 0. The summed E-state index contributed by atoms with van der Waals surface area (Å²) >= 11 is 0. The van der Waals surface area contributed by atoms with Crippen molar-refractivity contribution in [1.29, 1.82) is 0 Å². The zero-order valence-electron chi connectivity index (χ0n) is 13.8. The van der Waals surface area contributed by atoms with Crippen LogP contribution in [0, 0.1) is 0 Å². The van der Waals surface area contributed by atoms with Crippen LogP contribution < -0.4 is 12.3 Å². The zero-order valence-corrected chi connectivity index (χ0v) is 13.8. The van der Waals surface area contributed by atoms with E-state index >= 15 is 0 Å². The Labute approximate surface area is 131 Å². The van der Waals surface area contributed by atoms with E-state index in [0.717, 1.165) is 0 Å². The highest BCUT2D eigenvalue weighted by atomic mass is 16.5. The van der Waals surface area contributed by atoms with Crippen LogP contribution in [0.3, 0.4) is 0 Å². The molecule has 0 aliphatic rings. The van der Waals surface area contributed by atoms with Gasteiger partial charge in [-0.05, 0) is 20.3 Å². The number of carboxylic acid groups (broad SMARTS) is 2. The van der Waals surface area contributed by atoms with Gasteiger partial charge < -0.3 is 27.3 Å². The van der Waals surface area contributed by atoms with Gasteiger partial charge >= 0.3 is 17.9 Å². The third-order valence-electron chi connectivity index (χ3n) is 1.63. The summed E-state index contributed by atoms with van der Waals surface area (Å²) in [7, 11) is 1.33. The van der Waals surface area contributed by atoms with Gasteiger partial charge in [0.25, 0.3) is 0 Å². The average molecular weight is 320 g/mol. The van der Waals surface area contributed by atoms with Gasteiger partial charge in [-0.2, -0.15) is 0 Å². The molecule has 0 unspecified atom stereocenters. The summed E-state index contributed by atoms with van der Waals surface area (Å²) in [6.07, 6.45) is 0.523. The smallest absolute Gasteiger partial charge is 0.332 e. The lowest BCUT2D eigenvalue weighted by Crippen LogP contribution is -1.98. The SMILES string of the molecule is C=C(C)C(=O)O.C=C(C)C(=O)OC.C=C(CC)C(=O)O.N.N. The lowest BCUT2D eigenvalue weighted by Gasteiger charge is -1.91. The second kappa shape index (κ2) is 18.6. The molecule has 0 rings (SSSR count). The Kier molecular flexibility index (Phi) is 26.8. The summed E-state index contributed by atoms with van der Waals surface area (Å²) < 4.78 is 4.27. The third-order valence-corrected chi connectivity index (χ3v) is 1.63. The molecule has 0 aromatic heterocycles. The maximum atomic E-state index is 10.2. The number of rotatable bonds is 4. The average Bonchev–Trinajstić information content (AvgIpc) is 2.37. The summed E-state index contributed by atoms with van der Waals surface area (Å²) in [6.45, 7) is 14.6. The maximum Gasteiger partial charge on any atom is 0.332 e. The molecule has 0 atom stereocenters. The van der Waals surface area contributed by atoms with Gasteiger partial charge in [0.05, 0.1) is 7.11 Å². The van der Waals surface area contributed by atoms with E-state index in [1.54, 1.807) is 13.8 Å². The molecule has 8 N–H and O–H groups in total. The van der Waals surface area contributed by atoms with Gasteiger partial charge in [0.1, 0.15) is 0 Å². The van der Waals surface area contributed by atoms with Gasteiger partial charge in [0.2, 0.25) is 0 Å². The molecular formula is C14H28N2O6. The van der Waals surface area contributed by atoms with Gasteiger partial charge in [0, 0.05) is 16.7 Å². The summed E-state index contributed by atoms with van der Waals surface area (Å²) in [4.78, 5) is 29.6. The first kappa shape index (κ1) is 31.8. The molecule has 0 fully saturated rings. The maximum absolute atomic E-state index is 10.2. The monoisotopic (exact) mass is 320 g/mol. The molecule has 0 aromatic rings. The van der Waals surface area contributed by atoms with Gasteiger partial charge in [-0.25, -0.2) is 14.4 Å². The molecule has 130 valence electrons. The highest BCUT2D eigenvalue weighted by Gasteiger charge is 1.96. The fourth-order valence-corrected chi connectivity index (χ4v) is 0.325. The van der Waals surface area contributed by atoms with E-state index in [9.17, 15) is 14.4 Å². The molecule has 0 radical (unpaired) electrons. The van der Waals surface area contributed by atoms with Crippen molar-refractivity contribution >= 4 is 17.9 Å². The number of carboxylic acids is 2. The van der Waals surface area contributed by atoms with Crippen molar-refractivity contribution in [2.75, 3.05) is 7.11 Å². The molecule has 0 heterocycles. The molecule has 0 saturated heterocycles. The Bertz CT molecular complexity index is 364. The molecule has 0 aliphatic heterocycles. The first-order valence-electron chi connectivity index (χ1n) is 5.54. The second-order valence-corrected chi connectivity index (χ2v) is 3.62. The van der Waals surface area contributed by atoms with Crippen molar-refractivity contribution in [1.82, 2.24) is 12.3 Å². The minimum atomic E-state index is -0.935. The Morgan fingerprint density at radius 1 is 0.909 bits per heavy atom. The normalized spacial score (nSPS) is 7.09. The van der Waals surface area contributed by atoms with Crippen molar-refractivity contribution in [3.63, 3.8) is 0 Å². The molecule has 0 spiro atoms. The van der Waals surface area contributed by atoms with Crippen LogP contribution in [0.15, 0.2) is 36.5 Å². The Morgan fingerprint density at radius 2 is 1.23 bits per heavy atom. The van der Waals surface area contributed by atoms with Crippen molar-refractivity contribution in [2.45, 2.75) is 27.2 Å². The fraction of sp³-hybridized carbons (Fsp3) is 0.357. The van der Waals surface area contributed by atoms with Gasteiger partial charge in [-0.3, -0.25) is 0 Å². The number of aliphatic carboxylic acids is 2. The minimum Gasteiger partial charge on any atom is -0.478 e. The van der Waals surface area contributed by atoms with Crippen LogP contribution in [-0.4, -0.2) is 35.2 Å². The van der Waals surface area contributed by atoms with Crippen molar-refractivity contribution in [3.8, 4) is 0 Å². The number of carbonyl (C=O) groups is 3. The molecule has 0 amide bonds. The number of carbonyl (C=O) groups excluding carboxylic acids is 1. The molecule has 0 aromatic carbocycles. The standard InChI is InChI=1S/2C5H8O2.C4H6O2.2H3N/c1-4(2)5(6)7-3;1-3-4(2)5(6)7;1-3(2)4(5)6;;/h1H2,2-3H3;2-3H2,1H3,(H,6,7);1H2,2H3,(H,5,6);2*1H3. The molecule has 8 heteroatoms. The summed E-state index contributed by atoms with van der Waals surface area (Å²) in [5, 5.41) is 16.0. The van der Waals surface area contributed by atoms with Crippen molar-refractivity contribution in [2.24, 2.45) is 0 Å². The summed E-state index contributed by atoms with van der Waals surface area (Å²) in [5.41, 5.74) is 0.873. The van der Waals surface area contributed by atoms with Gasteiger partial charge in [0.15, 0.2) is 0 Å².